The van der Waals surface area contributed by atoms with Crippen LogP contribution in [0, 0.1) is 0 Å². The number of nitrogens with one attached hydrogen (secondary N) is 1. The van der Waals surface area contributed by atoms with E-state index in [1.165, 1.54) is 5.56 Å². The summed E-state index contributed by atoms with van der Waals surface area (Å²) in [4.78, 5) is 0. The molecule has 0 bridgehead atoms. The first-order valence-corrected chi connectivity index (χ1v) is 5.02. The summed E-state index contributed by atoms with van der Waals surface area (Å²) in [5, 5.41) is 3.11. The van der Waals surface area contributed by atoms with Crippen LogP contribution in [0.3, 0.4) is 0 Å². The highest BCUT2D eigenvalue weighted by molar-refractivity contribution is 5.75. The Morgan fingerprint density at radius 1 is 1.27 bits per heavy atom. The molecule has 1 heteroatoms. The number of rotatable bonds is 4. The molecule has 78 valence electrons. The zero-order valence-electron chi connectivity index (χ0n) is 9.33. The molecule has 0 saturated carbocycles. The summed E-state index contributed by atoms with van der Waals surface area (Å²) in [5.74, 6) is 0. The van der Waals surface area contributed by atoms with E-state index in [1.807, 2.05) is 44.3 Å². The Balaban J connectivity index is 3.05. The highest BCUT2D eigenvalue weighted by atomic mass is 14.8. The van der Waals surface area contributed by atoms with Crippen LogP contribution in [0.2, 0.25) is 0 Å². The second kappa shape index (κ2) is 5.86. The van der Waals surface area contributed by atoms with Crippen LogP contribution in [0.5, 0.6) is 0 Å². The average Bonchev–Trinajstić information content (AvgIpc) is 2.29. The van der Waals surface area contributed by atoms with Gasteiger partial charge in [0.25, 0.3) is 0 Å². The standard InChI is InChI=1S/C14H17N/c1-4-8-14(11-12(2)15-3)13-9-6-5-7-10-13/h4-11,15H,1H2,2-3H3/b12-11+,14-8+. The van der Waals surface area contributed by atoms with Crippen LogP contribution in [-0.2, 0) is 0 Å². The van der Waals surface area contributed by atoms with E-state index in [-0.39, 0.29) is 0 Å². The molecule has 0 fully saturated rings. The van der Waals surface area contributed by atoms with Crippen molar-refractivity contribution in [2.45, 2.75) is 6.92 Å². The molecular formula is C14H17N. The Morgan fingerprint density at radius 3 is 2.47 bits per heavy atom. The fraction of sp³-hybridized carbons (Fsp3) is 0.143. The van der Waals surface area contributed by atoms with Crippen LogP contribution in [-0.4, -0.2) is 7.05 Å². The fourth-order valence-corrected chi connectivity index (χ4v) is 1.29. The molecular weight excluding hydrogens is 182 g/mol. The van der Waals surface area contributed by atoms with E-state index in [2.05, 4.69) is 30.1 Å². The predicted octanol–water partition coefficient (Wildman–Crippen LogP) is 3.38. The van der Waals surface area contributed by atoms with E-state index in [1.54, 1.807) is 0 Å². The van der Waals surface area contributed by atoms with Gasteiger partial charge in [0.05, 0.1) is 0 Å². The van der Waals surface area contributed by atoms with Gasteiger partial charge in [0.15, 0.2) is 0 Å². The number of hydrogen-bond donors (Lipinski definition) is 1. The molecule has 0 aliphatic heterocycles. The lowest BCUT2D eigenvalue weighted by Crippen LogP contribution is -2.01. The molecule has 1 aromatic carbocycles. The number of allylic oxidation sites excluding steroid dienone is 5. The maximum atomic E-state index is 3.73. The first kappa shape index (κ1) is 11.3. The Labute approximate surface area is 91.8 Å². The summed E-state index contributed by atoms with van der Waals surface area (Å²) in [6, 6.07) is 10.3. The van der Waals surface area contributed by atoms with Crippen LogP contribution in [0.4, 0.5) is 0 Å². The third kappa shape index (κ3) is 3.47. The lowest BCUT2D eigenvalue weighted by atomic mass is 10.0. The van der Waals surface area contributed by atoms with Crippen molar-refractivity contribution in [1.82, 2.24) is 5.32 Å². The van der Waals surface area contributed by atoms with Gasteiger partial charge in [-0.15, -0.1) is 0 Å². The minimum Gasteiger partial charge on any atom is -0.392 e. The highest BCUT2D eigenvalue weighted by Crippen LogP contribution is 2.16. The third-order valence-electron chi connectivity index (χ3n) is 2.17. The van der Waals surface area contributed by atoms with Crippen LogP contribution in [0.1, 0.15) is 12.5 Å². The van der Waals surface area contributed by atoms with Crippen molar-refractivity contribution in [3.8, 4) is 0 Å². The topological polar surface area (TPSA) is 12.0 Å². The van der Waals surface area contributed by atoms with Crippen LogP contribution in [0.25, 0.3) is 5.57 Å². The SMILES string of the molecule is C=C/C=C(\C=C(/C)NC)c1ccccc1. The van der Waals surface area contributed by atoms with Crippen molar-refractivity contribution >= 4 is 5.57 Å². The second-order valence-electron chi connectivity index (χ2n) is 3.30. The molecule has 0 saturated heterocycles. The van der Waals surface area contributed by atoms with Crippen molar-refractivity contribution < 1.29 is 0 Å². The van der Waals surface area contributed by atoms with E-state index < -0.39 is 0 Å². The maximum Gasteiger partial charge on any atom is 0.00786 e. The summed E-state index contributed by atoms with van der Waals surface area (Å²) in [7, 11) is 1.92. The number of benzene rings is 1. The minimum absolute atomic E-state index is 1.13. The van der Waals surface area contributed by atoms with E-state index in [9.17, 15) is 0 Å². The van der Waals surface area contributed by atoms with Gasteiger partial charge in [0, 0.05) is 12.7 Å². The van der Waals surface area contributed by atoms with Gasteiger partial charge in [-0.05, 0) is 24.1 Å². The second-order valence-corrected chi connectivity index (χ2v) is 3.30. The maximum absolute atomic E-state index is 3.73. The van der Waals surface area contributed by atoms with Crippen molar-refractivity contribution in [2.24, 2.45) is 0 Å². The lowest BCUT2D eigenvalue weighted by Gasteiger charge is -2.04. The molecule has 0 amide bonds. The van der Waals surface area contributed by atoms with E-state index in [0.717, 1.165) is 11.3 Å². The van der Waals surface area contributed by atoms with Crippen LogP contribution < -0.4 is 5.32 Å². The van der Waals surface area contributed by atoms with Crippen molar-refractivity contribution in [3.05, 3.63) is 66.4 Å². The largest absolute Gasteiger partial charge is 0.392 e. The summed E-state index contributed by atoms with van der Waals surface area (Å²) in [5.41, 5.74) is 3.50. The molecule has 0 aliphatic rings. The van der Waals surface area contributed by atoms with Crippen molar-refractivity contribution in [1.29, 1.82) is 0 Å². The van der Waals surface area contributed by atoms with Gasteiger partial charge in [-0.25, -0.2) is 0 Å². The fourth-order valence-electron chi connectivity index (χ4n) is 1.29. The molecule has 1 rings (SSSR count). The summed E-state index contributed by atoms with van der Waals surface area (Å²) < 4.78 is 0. The minimum atomic E-state index is 1.13. The summed E-state index contributed by atoms with van der Waals surface area (Å²) in [6.07, 6.45) is 5.93. The van der Waals surface area contributed by atoms with Gasteiger partial charge in [-0.1, -0.05) is 49.1 Å². The van der Waals surface area contributed by atoms with Gasteiger partial charge in [0.1, 0.15) is 0 Å². The van der Waals surface area contributed by atoms with E-state index in [0.29, 0.717) is 0 Å². The Hall–Kier alpha value is -1.76. The Bertz CT molecular complexity index is 372. The molecule has 0 aliphatic carbocycles. The van der Waals surface area contributed by atoms with Gasteiger partial charge >= 0.3 is 0 Å². The number of hydrogen-bond acceptors (Lipinski definition) is 1. The van der Waals surface area contributed by atoms with E-state index >= 15 is 0 Å². The molecule has 1 aromatic rings. The zero-order chi connectivity index (χ0) is 11.1. The van der Waals surface area contributed by atoms with Gasteiger partial charge in [-0.2, -0.15) is 0 Å². The zero-order valence-corrected chi connectivity index (χ0v) is 9.33. The molecule has 1 N–H and O–H groups in total. The highest BCUT2D eigenvalue weighted by Gasteiger charge is 1.96. The quantitative estimate of drug-likeness (QED) is 0.733. The smallest absolute Gasteiger partial charge is 0.00786 e. The molecule has 15 heavy (non-hydrogen) atoms. The third-order valence-corrected chi connectivity index (χ3v) is 2.17. The van der Waals surface area contributed by atoms with Gasteiger partial charge in [0.2, 0.25) is 0 Å². The lowest BCUT2D eigenvalue weighted by molar-refractivity contribution is 0.991. The first-order valence-electron chi connectivity index (χ1n) is 5.02. The average molecular weight is 199 g/mol. The van der Waals surface area contributed by atoms with E-state index in [4.69, 9.17) is 0 Å². The summed E-state index contributed by atoms with van der Waals surface area (Å²) in [6.45, 7) is 5.77. The molecule has 1 nitrogen and oxygen atoms in total. The molecule has 0 radical (unpaired) electrons. The molecule has 0 heterocycles. The van der Waals surface area contributed by atoms with Crippen LogP contribution >= 0.6 is 0 Å². The van der Waals surface area contributed by atoms with Gasteiger partial charge < -0.3 is 5.32 Å². The molecule has 0 spiro atoms. The monoisotopic (exact) mass is 199 g/mol. The molecule has 0 atom stereocenters. The van der Waals surface area contributed by atoms with Crippen molar-refractivity contribution in [3.63, 3.8) is 0 Å². The Morgan fingerprint density at radius 2 is 1.93 bits per heavy atom. The summed E-state index contributed by atoms with van der Waals surface area (Å²) >= 11 is 0. The van der Waals surface area contributed by atoms with Crippen LogP contribution in [0.15, 0.2) is 60.8 Å². The first-order chi connectivity index (χ1) is 7.27. The molecule has 0 aromatic heterocycles. The molecule has 0 unspecified atom stereocenters. The van der Waals surface area contributed by atoms with Gasteiger partial charge in [-0.3, -0.25) is 0 Å². The predicted molar refractivity (Wildman–Crippen MR) is 67.4 cm³/mol. The van der Waals surface area contributed by atoms with Crippen molar-refractivity contribution in [2.75, 3.05) is 7.05 Å². The normalized spacial score (nSPS) is 12.4. The Kier molecular flexibility index (Phi) is 4.42.